The maximum Gasteiger partial charge on any atom is 0.364 e. The first-order valence-electron chi connectivity index (χ1n) is 16.7. The highest BCUT2D eigenvalue weighted by molar-refractivity contribution is 5.76. The number of ether oxygens (including phenoxy) is 7. The maximum atomic E-state index is 12.7. The minimum absolute atomic E-state index is 0.769. The molecule has 4 fully saturated rings. The van der Waals surface area contributed by atoms with Gasteiger partial charge in [-0.15, -0.1) is 0 Å². The third kappa shape index (κ3) is 9.28. The Morgan fingerprint density at radius 1 is 0.741 bits per heavy atom. The highest BCUT2D eigenvalue weighted by Gasteiger charge is 2.58. The molecule has 0 unspecified atom stereocenters. The van der Waals surface area contributed by atoms with E-state index in [1.807, 2.05) is 0 Å². The number of carboxylic acid groups (broad SMARTS) is 1. The molecule has 0 radical (unpaired) electrons. The van der Waals surface area contributed by atoms with Gasteiger partial charge in [0, 0.05) is 13.3 Å². The second-order valence-electron chi connectivity index (χ2n) is 13.3. The molecule has 4 saturated heterocycles. The lowest BCUT2D eigenvalue weighted by Crippen LogP contribution is -2.69. The zero-order chi connectivity index (χ0) is 40.4. The van der Waals surface area contributed by atoms with Gasteiger partial charge in [0.1, 0.15) is 91.6 Å². The van der Waals surface area contributed by atoms with Crippen molar-refractivity contribution in [3.05, 3.63) is 0 Å². The van der Waals surface area contributed by atoms with Gasteiger partial charge in [0.25, 0.3) is 5.79 Å². The van der Waals surface area contributed by atoms with Crippen molar-refractivity contribution < 1.29 is 119 Å². The number of aliphatic carboxylic acids is 1. The lowest BCUT2D eigenvalue weighted by Gasteiger charge is -2.49. The second-order valence-corrected chi connectivity index (χ2v) is 13.3. The third-order valence-corrected chi connectivity index (χ3v) is 9.58. The van der Waals surface area contributed by atoms with E-state index in [1.54, 1.807) is 0 Å². The molecule has 0 bridgehead atoms. The number of nitrogens with one attached hydrogen (secondary N) is 1. The Kier molecular flexibility index (Phi) is 15.4. The van der Waals surface area contributed by atoms with Crippen LogP contribution in [0.2, 0.25) is 0 Å². The van der Waals surface area contributed by atoms with Crippen LogP contribution in [-0.2, 0) is 42.7 Å². The Labute approximate surface area is 305 Å². The van der Waals surface area contributed by atoms with Gasteiger partial charge in [-0.2, -0.15) is 0 Å². The van der Waals surface area contributed by atoms with Crippen LogP contribution in [0.1, 0.15) is 13.3 Å². The molecule has 0 aliphatic carbocycles. The van der Waals surface area contributed by atoms with Gasteiger partial charge in [-0.25, -0.2) is 4.79 Å². The van der Waals surface area contributed by atoms with Gasteiger partial charge in [-0.05, 0) is 0 Å². The molecule has 25 nitrogen and oxygen atoms in total. The van der Waals surface area contributed by atoms with Gasteiger partial charge < -0.3 is 115 Å². The summed E-state index contributed by atoms with van der Waals surface area (Å²) < 4.78 is 38.3. The number of aliphatic hydroxyl groups excluding tert-OH is 14. The fourth-order valence-corrected chi connectivity index (χ4v) is 6.53. The normalized spacial score (nSPS) is 47.1. The SMILES string of the molecule is CC(=O)N[C@H]1[C@H]([C@H](O)[C@H](O)CO)O[C@@](OC[C@H]2O[C@@H](O[C@H]3[C@@H](O)[C@@H](O)[C@H](O)O[C@@H]3CO)[C@H](O)[C@@H](O[C@@H]3O[C@H](CO)[C@H](O)[C@H](O)[C@H]3O)[C@H]2O)(C(=O)O)C[C@@H]1O. The van der Waals surface area contributed by atoms with E-state index in [0.29, 0.717) is 0 Å². The van der Waals surface area contributed by atoms with Crippen molar-refractivity contribution in [2.45, 2.75) is 142 Å². The van der Waals surface area contributed by atoms with Gasteiger partial charge in [0.2, 0.25) is 5.91 Å². The minimum Gasteiger partial charge on any atom is -0.477 e. The van der Waals surface area contributed by atoms with Gasteiger partial charge in [0.15, 0.2) is 18.9 Å². The van der Waals surface area contributed by atoms with E-state index in [9.17, 15) is 86.2 Å². The van der Waals surface area contributed by atoms with Crippen LogP contribution >= 0.6 is 0 Å². The first-order chi connectivity index (χ1) is 25.3. The highest BCUT2D eigenvalue weighted by Crippen LogP contribution is 2.36. The molecule has 25 heteroatoms. The fraction of sp³-hybridized carbons (Fsp3) is 0.931. The summed E-state index contributed by atoms with van der Waals surface area (Å²) >= 11 is 0. The van der Waals surface area contributed by atoms with Crippen molar-refractivity contribution >= 4 is 11.9 Å². The zero-order valence-electron chi connectivity index (χ0n) is 28.5. The lowest BCUT2D eigenvalue weighted by atomic mass is 9.88. The minimum atomic E-state index is -2.96. The Balaban J connectivity index is 1.66. The molecule has 4 heterocycles. The van der Waals surface area contributed by atoms with Crippen LogP contribution in [0.5, 0.6) is 0 Å². The van der Waals surface area contributed by atoms with Crippen LogP contribution in [0, 0.1) is 0 Å². The number of carbonyl (C=O) groups is 2. The fourth-order valence-electron chi connectivity index (χ4n) is 6.53. The van der Waals surface area contributed by atoms with Crippen molar-refractivity contribution in [1.29, 1.82) is 0 Å². The van der Waals surface area contributed by atoms with Crippen molar-refractivity contribution in [1.82, 2.24) is 5.32 Å². The molecular formula is C29H49NO24. The summed E-state index contributed by atoms with van der Waals surface area (Å²) in [4.78, 5) is 24.5. The van der Waals surface area contributed by atoms with E-state index in [-0.39, 0.29) is 0 Å². The number of rotatable bonds is 14. The standard InChI is InChI=1S/C29H49NO24/c1-7(34)30-13-8(35)2-29(28(46)47,54-23(13)14(37)9(36)3-31)48-6-12-16(39)24(53-26-20(43)17(40)15(38)10(4-32)50-26)21(44)27(51-12)52-22-11(5-33)49-25(45)19(42)18(22)41/h8-27,31-33,35-45H,2-6H2,1H3,(H,30,34)(H,46,47)/t8-,9+,10+,11+,12+,13+,14+,15-,16-,17-,18-,19+,20+,21+,22+,23+,24-,25+,26-,27-,29+/m0/s1. The lowest BCUT2D eigenvalue weighted by molar-refractivity contribution is -0.384. The average molecular weight is 796 g/mol. The predicted octanol–water partition coefficient (Wildman–Crippen LogP) is -10.4. The Bertz CT molecular complexity index is 1230. The molecule has 21 atom stereocenters. The highest BCUT2D eigenvalue weighted by atomic mass is 16.8. The van der Waals surface area contributed by atoms with Crippen molar-refractivity contribution in [2.24, 2.45) is 0 Å². The number of aliphatic hydroxyl groups is 14. The quantitative estimate of drug-likeness (QED) is 0.0776. The molecule has 0 aromatic rings. The summed E-state index contributed by atoms with van der Waals surface area (Å²) in [6.07, 6.45) is -38.2. The number of amides is 1. The van der Waals surface area contributed by atoms with E-state index < -0.39 is 173 Å². The van der Waals surface area contributed by atoms with E-state index in [4.69, 9.17) is 33.2 Å². The molecule has 4 aliphatic heterocycles. The summed E-state index contributed by atoms with van der Waals surface area (Å²) in [6.45, 7) is -2.99. The topological polar surface area (TPSA) is 414 Å². The molecule has 314 valence electrons. The molecular weight excluding hydrogens is 746 g/mol. The molecule has 0 aromatic heterocycles. The predicted molar refractivity (Wildman–Crippen MR) is 163 cm³/mol. The van der Waals surface area contributed by atoms with E-state index in [0.717, 1.165) is 6.92 Å². The molecule has 0 spiro atoms. The molecule has 0 saturated carbocycles. The molecule has 4 rings (SSSR count). The largest absolute Gasteiger partial charge is 0.477 e. The summed E-state index contributed by atoms with van der Waals surface area (Å²) in [7, 11) is 0. The summed E-state index contributed by atoms with van der Waals surface area (Å²) in [5, 5.41) is 157. The third-order valence-electron chi connectivity index (χ3n) is 9.58. The first kappa shape index (κ1) is 44.8. The summed E-state index contributed by atoms with van der Waals surface area (Å²) in [5.74, 6) is -5.69. The van der Waals surface area contributed by atoms with Crippen molar-refractivity contribution in [3.63, 3.8) is 0 Å². The van der Waals surface area contributed by atoms with Crippen LogP contribution in [0.3, 0.4) is 0 Å². The van der Waals surface area contributed by atoms with Crippen LogP contribution < -0.4 is 5.32 Å². The molecule has 16 N–H and O–H groups in total. The van der Waals surface area contributed by atoms with Gasteiger partial charge in [-0.1, -0.05) is 0 Å². The number of hydrogen-bond acceptors (Lipinski definition) is 23. The molecule has 1 amide bonds. The second kappa shape index (κ2) is 18.6. The molecule has 0 aromatic carbocycles. The van der Waals surface area contributed by atoms with E-state index >= 15 is 0 Å². The van der Waals surface area contributed by atoms with Crippen molar-refractivity contribution in [2.75, 3.05) is 26.4 Å². The molecule has 54 heavy (non-hydrogen) atoms. The average Bonchev–Trinajstić information content (AvgIpc) is 3.13. The van der Waals surface area contributed by atoms with Gasteiger partial charge in [-0.3, -0.25) is 4.79 Å². The summed E-state index contributed by atoms with van der Waals surface area (Å²) in [6, 6.07) is -1.56. The smallest absolute Gasteiger partial charge is 0.364 e. The first-order valence-corrected chi connectivity index (χ1v) is 16.7. The Morgan fingerprint density at radius 2 is 1.33 bits per heavy atom. The summed E-state index contributed by atoms with van der Waals surface area (Å²) in [5.41, 5.74) is 0. The van der Waals surface area contributed by atoms with Crippen LogP contribution in [0.15, 0.2) is 0 Å². The van der Waals surface area contributed by atoms with Gasteiger partial charge >= 0.3 is 5.97 Å². The Hall–Kier alpha value is -1.90. The van der Waals surface area contributed by atoms with E-state index in [1.165, 1.54) is 0 Å². The molecule has 4 aliphatic rings. The Morgan fingerprint density at radius 3 is 1.91 bits per heavy atom. The van der Waals surface area contributed by atoms with Crippen LogP contribution in [0.25, 0.3) is 0 Å². The number of carbonyl (C=O) groups excluding carboxylic acids is 1. The number of hydrogen-bond donors (Lipinski definition) is 16. The van der Waals surface area contributed by atoms with Crippen molar-refractivity contribution in [3.8, 4) is 0 Å². The van der Waals surface area contributed by atoms with E-state index in [2.05, 4.69) is 5.32 Å². The van der Waals surface area contributed by atoms with Crippen LogP contribution in [0.4, 0.5) is 0 Å². The monoisotopic (exact) mass is 795 g/mol. The maximum absolute atomic E-state index is 12.7. The number of carboxylic acids is 1. The zero-order valence-corrected chi connectivity index (χ0v) is 28.5. The van der Waals surface area contributed by atoms with Gasteiger partial charge in [0.05, 0.1) is 38.6 Å². The van der Waals surface area contributed by atoms with Crippen LogP contribution in [-0.4, -0.2) is 243 Å².